The molecule has 4 heteroatoms. The van der Waals surface area contributed by atoms with Gasteiger partial charge in [-0.1, -0.05) is 22.6 Å². The van der Waals surface area contributed by atoms with Crippen LogP contribution in [0.25, 0.3) is 0 Å². The van der Waals surface area contributed by atoms with Gasteiger partial charge in [-0.15, -0.1) is 0 Å². The highest BCUT2D eigenvalue weighted by molar-refractivity contribution is 14.1. The Hall–Kier alpha value is 0.140. The lowest BCUT2D eigenvalue weighted by molar-refractivity contribution is 0.000857. The van der Waals surface area contributed by atoms with Crippen molar-refractivity contribution in [2.24, 2.45) is 0 Å². The highest BCUT2D eigenvalue weighted by atomic mass is 127. The fraction of sp³-hybridized carbons (Fsp3) is 0.875. The third-order valence-corrected chi connectivity index (χ3v) is 2.67. The second kappa shape index (κ2) is 5.73. The van der Waals surface area contributed by atoms with E-state index in [2.05, 4.69) is 33.6 Å². The number of hydrogen-bond donors (Lipinski definition) is 0. The van der Waals surface area contributed by atoms with Gasteiger partial charge in [0, 0.05) is 17.5 Å². The second-order valence-electron chi connectivity index (χ2n) is 2.83. The van der Waals surface area contributed by atoms with Crippen molar-refractivity contribution in [3.05, 3.63) is 0 Å². The van der Waals surface area contributed by atoms with Crippen LogP contribution in [-0.4, -0.2) is 41.7 Å². The summed E-state index contributed by atoms with van der Waals surface area (Å²) in [5, 5.41) is 8.63. The van der Waals surface area contributed by atoms with Crippen molar-refractivity contribution in [3.8, 4) is 6.07 Å². The van der Waals surface area contributed by atoms with Crippen LogP contribution in [0.15, 0.2) is 0 Å². The topological polar surface area (TPSA) is 36.3 Å². The number of alkyl halides is 1. The Morgan fingerprint density at radius 2 is 2.50 bits per heavy atom. The van der Waals surface area contributed by atoms with Crippen LogP contribution in [0.4, 0.5) is 0 Å². The number of nitrogens with zero attached hydrogens (tertiary/aromatic N) is 2. The summed E-state index contributed by atoms with van der Waals surface area (Å²) >= 11 is 2.38. The molecule has 1 rings (SSSR count). The molecule has 0 aromatic rings. The molecule has 0 radical (unpaired) electrons. The largest absolute Gasteiger partial charge is 0.361 e. The third-order valence-electron chi connectivity index (χ3n) is 1.90. The molecule has 12 heavy (non-hydrogen) atoms. The van der Waals surface area contributed by atoms with Crippen molar-refractivity contribution in [1.29, 1.82) is 5.26 Å². The summed E-state index contributed by atoms with van der Waals surface area (Å²) < 4.78 is 6.42. The Morgan fingerprint density at radius 3 is 3.17 bits per heavy atom. The average Bonchev–Trinajstić information content (AvgIpc) is 2.15. The quantitative estimate of drug-likeness (QED) is 0.572. The summed E-state index contributed by atoms with van der Waals surface area (Å²) in [6.07, 6.45) is 1.01. The van der Waals surface area contributed by atoms with Gasteiger partial charge in [-0.2, -0.15) is 5.26 Å². The van der Waals surface area contributed by atoms with Gasteiger partial charge >= 0.3 is 0 Å². The van der Waals surface area contributed by atoms with E-state index in [1.807, 2.05) is 0 Å². The van der Waals surface area contributed by atoms with E-state index in [4.69, 9.17) is 10.00 Å². The lowest BCUT2D eigenvalue weighted by Crippen LogP contribution is -2.42. The van der Waals surface area contributed by atoms with Crippen LogP contribution in [0.3, 0.4) is 0 Å². The van der Waals surface area contributed by atoms with Crippen LogP contribution < -0.4 is 0 Å². The first-order valence-electron chi connectivity index (χ1n) is 4.16. The van der Waals surface area contributed by atoms with E-state index >= 15 is 0 Å². The van der Waals surface area contributed by atoms with Gasteiger partial charge < -0.3 is 4.74 Å². The number of morpholine rings is 1. The third kappa shape index (κ3) is 3.25. The van der Waals surface area contributed by atoms with Crippen molar-refractivity contribution in [2.45, 2.75) is 12.5 Å². The standard InChI is InChI=1S/C8H13IN2O/c9-2-1-3-11-4-5-12-8(6-10)7-11/h8H,1-5,7H2. The number of hydrogen-bond acceptors (Lipinski definition) is 3. The minimum atomic E-state index is -0.201. The Balaban J connectivity index is 2.22. The lowest BCUT2D eigenvalue weighted by Gasteiger charge is -2.29. The average molecular weight is 280 g/mol. The molecular formula is C8H13IN2O. The summed E-state index contributed by atoms with van der Waals surface area (Å²) in [6.45, 7) is 3.58. The number of ether oxygens (including phenoxy) is 1. The van der Waals surface area contributed by atoms with Crippen molar-refractivity contribution >= 4 is 22.6 Å². The second-order valence-corrected chi connectivity index (χ2v) is 3.91. The fourth-order valence-electron chi connectivity index (χ4n) is 1.27. The van der Waals surface area contributed by atoms with Crippen molar-refractivity contribution in [2.75, 3.05) is 30.7 Å². The van der Waals surface area contributed by atoms with Crippen LogP contribution in [0.5, 0.6) is 0 Å². The fourth-order valence-corrected chi connectivity index (χ4v) is 1.61. The van der Waals surface area contributed by atoms with Gasteiger partial charge in [0.2, 0.25) is 0 Å². The molecule has 1 aliphatic rings. The first-order valence-corrected chi connectivity index (χ1v) is 5.69. The number of halogens is 1. The maximum Gasteiger partial charge on any atom is 0.156 e. The van der Waals surface area contributed by atoms with Gasteiger partial charge in [0.1, 0.15) is 0 Å². The molecule has 1 saturated heterocycles. The summed E-state index contributed by atoms with van der Waals surface area (Å²) in [7, 11) is 0. The van der Waals surface area contributed by atoms with Crippen LogP contribution in [0.2, 0.25) is 0 Å². The Bertz CT molecular complexity index is 169. The molecule has 0 bridgehead atoms. The van der Waals surface area contributed by atoms with E-state index in [9.17, 15) is 0 Å². The summed E-state index contributed by atoms with van der Waals surface area (Å²) in [6, 6.07) is 2.14. The zero-order valence-corrected chi connectivity index (χ0v) is 9.16. The molecule has 0 aromatic heterocycles. The molecule has 0 amide bonds. The lowest BCUT2D eigenvalue weighted by atomic mass is 10.3. The first kappa shape index (κ1) is 10.2. The summed E-state index contributed by atoms with van der Waals surface area (Å²) in [5.41, 5.74) is 0. The van der Waals surface area contributed by atoms with Crippen molar-refractivity contribution in [1.82, 2.24) is 4.90 Å². The van der Waals surface area contributed by atoms with Crippen LogP contribution in [0.1, 0.15) is 6.42 Å². The molecule has 1 unspecified atom stereocenters. The van der Waals surface area contributed by atoms with Crippen LogP contribution in [0, 0.1) is 11.3 Å². The molecule has 1 aliphatic heterocycles. The zero-order chi connectivity index (χ0) is 8.81. The molecule has 0 aromatic carbocycles. The molecule has 0 N–H and O–H groups in total. The van der Waals surface area contributed by atoms with Crippen molar-refractivity contribution in [3.63, 3.8) is 0 Å². The predicted molar refractivity (Wildman–Crippen MR) is 55.3 cm³/mol. The maximum absolute atomic E-state index is 8.63. The van der Waals surface area contributed by atoms with Gasteiger partial charge in [0.25, 0.3) is 0 Å². The van der Waals surface area contributed by atoms with Crippen molar-refractivity contribution < 1.29 is 4.74 Å². The summed E-state index contributed by atoms with van der Waals surface area (Å²) in [5.74, 6) is 0. The maximum atomic E-state index is 8.63. The molecule has 1 heterocycles. The molecule has 0 saturated carbocycles. The molecule has 1 fully saturated rings. The molecule has 3 nitrogen and oxygen atoms in total. The Labute approximate surface area is 86.8 Å². The first-order chi connectivity index (χ1) is 5.86. The SMILES string of the molecule is N#CC1CN(CCCI)CCO1. The van der Waals surface area contributed by atoms with Gasteiger partial charge in [-0.05, 0) is 13.0 Å². The van der Waals surface area contributed by atoms with E-state index in [-0.39, 0.29) is 6.10 Å². The molecule has 0 aliphatic carbocycles. The highest BCUT2D eigenvalue weighted by Crippen LogP contribution is 2.05. The van der Waals surface area contributed by atoms with E-state index in [0.29, 0.717) is 6.61 Å². The van der Waals surface area contributed by atoms with E-state index < -0.39 is 0 Å². The van der Waals surface area contributed by atoms with Crippen LogP contribution >= 0.6 is 22.6 Å². The van der Waals surface area contributed by atoms with Gasteiger partial charge in [0.15, 0.2) is 6.10 Å². The number of nitriles is 1. The Morgan fingerprint density at radius 1 is 1.67 bits per heavy atom. The monoisotopic (exact) mass is 280 g/mol. The van der Waals surface area contributed by atoms with E-state index in [0.717, 1.165) is 19.6 Å². The molecule has 68 valence electrons. The smallest absolute Gasteiger partial charge is 0.156 e. The molecule has 1 atom stereocenters. The normalized spacial score (nSPS) is 25.2. The van der Waals surface area contributed by atoms with Gasteiger partial charge in [-0.25, -0.2) is 0 Å². The van der Waals surface area contributed by atoms with E-state index in [1.165, 1.54) is 10.8 Å². The highest BCUT2D eigenvalue weighted by Gasteiger charge is 2.18. The predicted octanol–water partition coefficient (Wildman–Crippen LogP) is 1.04. The van der Waals surface area contributed by atoms with Gasteiger partial charge in [0.05, 0.1) is 12.7 Å². The number of rotatable bonds is 3. The van der Waals surface area contributed by atoms with Gasteiger partial charge in [-0.3, -0.25) is 4.90 Å². The molecular weight excluding hydrogens is 267 g/mol. The Kier molecular flexibility index (Phi) is 4.88. The zero-order valence-electron chi connectivity index (χ0n) is 7.00. The minimum absolute atomic E-state index is 0.201. The molecule has 0 spiro atoms. The van der Waals surface area contributed by atoms with Crippen LogP contribution in [-0.2, 0) is 4.74 Å². The summed E-state index contributed by atoms with van der Waals surface area (Å²) in [4.78, 5) is 2.30. The van der Waals surface area contributed by atoms with E-state index in [1.54, 1.807) is 0 Å². The minimum Gasteiger partial charge on any atom is -0.361 e.